The average Bonchev–Trinajstić information content (AvgIpc) is 3.00. The molecule has 0 atom stereocenters. The molecule has 1 aromatic carbocycles. The molecule has 0 radical (unpaired) electrons. The fourth-order valence-corrected chi connectivity index (χ4v) is 2.28. The van der Waals surface area contributed by atoms with Gasteiger partial charge in [0.05, 0.1) is 4.88 Å². The molecule has 0 saturated carbocycles. The highest BCUT2D eigenvalue weighted by atomic mass is 32.1. The van der Waals surface area contributed by atoms with Crippen molar-refractivity contribution < 1.29 is 0 Å². The van der Waals surface area contributed by atoms with Gasteiger partial charge in [0.15, 0.2) is 11.6 Å². The third kappa shape index (κ3) is 1.99. The van der Waals surface area contributed by atoms with Crippen molar-refractivity contribution in [1.82, 2.24) is 15.2 Å². The van der Waals surface area contributed by atoms with Crippen molar-refractivity contribution in [3.05, 3.63) is 47.3 Å². The minimum absolute atomic E-state index is 0.744. The van der Waals surface area contributed by atoms with Crippen molar-refractivity contribution in [2.45, 2.75) is 6.92 Å². The van der Waals surface area contributed by atoms with Gasteiger partial charge in [-0.3, -0.25) is 5.10 Å². The van der Waals surface area contributed by atoms with Crippen LogP contribution in [0.1, 0.15) is 5.56 Å². The van der Waals surface area contributed by atoms with Gasteiger partial charge in [0.25, 0.3) is 0 Å². The van der Waals surface area contributed by atoms with Crippen LogP contribution in [0.5, 0.6) is 0 Å². The van der Waals surface area contributed by atoms with Gasteiger partial charge in [0.1, 0.15) is 0 Å². The second kappa shape index (κ2) is 4.14. The van der Waals surface area contributed by atoms with Crippen LogP contribution in [0, 0.1) is 6.92 Å². The fourth-order valence-electron chi connectivity index (χ4n) is 1.62. The Morgan fingerprint density at radius 2 is 1.94 bits per heavy atom. The number of nitrogens with zero attached hydrogens (tertiary/aromatic N) is 2. The number of nitrogens with one attached hydrogen (secondary N) is 1. The molecule has 1 N–H and O–H groups in total. The smallest absolute Gasteiger partial charge is 0.181 e. The van der Waals surface area contributed by atoms with Crippen LogP contribution in [0.4, 0.5) is 0 Å². The molecule has 2 heterocycles. The van der Waals surface area contributed by atoms with Gasteiger partial charge in [-0.1, -0.05) is 35.9 Å². The van der Waals surface area contributed by atoms with Crippen molar-refractivity contribution in [1.29, 1.82) is 0 Å². The van der Waals surface area contributed by atoms with E-state index in [1.165, 1.54) is 5.56 Å². The van der Waals surface area contributed by atoms with Gasteiger partial charge in [-0.05, 0) is 18.4 Å². The number of aromatic amines is 1. The molecule has 3 aromatic rings. The molecule has 2 aromatic heterocycles. The molecular formula is C13H11N3S. The van der Waals surface area contributed by atoms with Gasteiger partial charge in [-0.25, -0.2) is 4.98 Å². The molecule has 0 aliphatic rings. The third-order valence-corrected chi connectivity index (χ3v) is 3.43. The molecule has 17 heavy (non-hydrogen) atoms. The van der Waals surface area contributed by atoms with E-state index in [1.807, 2.05) is 29.6 Å². The van der Waals surface area contributed by atoms with Crippen molar-refractivity contribution in [2.75, 3.05) is 0 Å². The molecule has 3 rings (SSSR count). The lowest BCUT2D eigenvalue weighted by Gasteiger charge is -1.95. The van der Waals surface area contributed by atoms with Crippen LogP contribution >= 0.6 is 11.3 Å². The zero-order valence-corrected chi connectivity index (χ0v) is 10.2. The normalized spacial score (nSPS) is 10.6. The number of thiophene rings is 1. The van der Waals surface area contributed by atoms with E-state index in [0.29, 0.717) is 0 Å². The molecular weight excluding hydrogens is 230 g/mol. The van der Waals surface area contributed by atoms with E-state index in [4.69, 9.17) is 0 Å². The Labute approximate surface area is 103 Å². The van der Waals surface area contributed by atoms with Crippen molar-refractivity contribution in [3.63, 3.8) is 0 Å². The van der Waals surface area contributed by atoms with E-state index in [0.717, 1.165) is 22.1 Å². The Balaban J connectivity index is 1.98. The first-order valence-corrected chi connectivity index (χ1v) is 6.24. The van der Waals surface area contributed by atoms with E-state index in [1.54, 1.807) is 11.3 Å². The number of aryl methyl sites for hydroxylation is 1. The van der Waals surface area contributed by atoms with Crippen LogP contribution in [-0.2, 0) is 0 Å². The summed E-state index contributed by atoms with van der Waals surface area (Å²) in [5.41, 5.74) is 2.28. The monoisotopic (exact) mass is 241 g/mol. The lowest BCUT2D eigenvalue weighted by molar-refractivity contribution is 1.10. The van der Waals surface area contributed by atoms with Crippen molar-refractivity contribution in [2.24, 2.45) is 0 Å². The molecule has 0 unspecified atom stereocenters. The van der Waals surface area contributed by atoms with Crippen molar-refractivity contribution in [3.8, 4) is 22.1 Å². The lowest BCUT2D eigenvalue weighted by atomic mass is 10.1. The molecule has 3 nitrogen and oxygen atoms in total. The Morgan fingerprint density at radius 1 is 1.12 bits per heavy atom. The van der Waals surface area contributed by atoms with Crippen LogP contribution in [-0.4, -0.2) is 15.2 Å². The average molecular weight is 241 g/mol. The number of hydrogen-bond acceptors (Lipinski definition) is 3. The maximum absolute atomic E-state index is 4.50. The molecule has 0 bridgehead atoms. The van der Waals surface area contributed by atoms with E-state index >= 15 is 0 Å². The second-order valence-corrected chi connectivity index (χ2v) is 4.80. The molecule has 4 heteroatoms. The van der Waals surface area contributed by atoms with E-state index in [9.17, 15) is 0 Å². The van der Waals surface area contributed by atoms with E-state index in [2.05, 4.69) is 34.2 Å². The number of H-pyrrole nitrogens is 1. The summed E-state index contributed by atoms with van der Waals surface area (Å²) in [5, 5.41) is 9.24. The fraction of sp³-hybridized carbons (Fsp3) is 0.0769. The maximum Gasteiger partial charge on any atom is 0.181 e. The van der Waals surface area contributed by atoms with E-state index in [-0.39, 0.29) is 0 Å². The molecule has 0 amide bonds. The third-order valence-electron chi connectivity index (χ3n) is 2.55. The van der Waals surface area contributed by atoms with Gasteiger partial charge < -0.3 is 0 Å². The van der Waals surface area contributed by atoms with Crippen molar-refractivity contribution >= 4 is 11.3 Å². The zero-order valence-electron chi connectivity index (χ0n) is 9.34. The maximum atomic E-state index is 4.50. The molecule has 0 aliphatic carbocycles. The van der Waals surface area contributed by atoms with Crippen LogP contribution in [0.15, 0.2) is 41.8 Å². The van der Waals surface area contributed by atoms with Gasteiger partial charge in [0, 0.05) is 5.56 Å². The molecule has 0 aliphatic heterocycles. The Kier molecular flexibility index (Phi) is 2.49. The predicted molar refractivity (Wildman–Crippen MR) is 69.9 cm³/mol. The first-order valence-electron chi connectivity index (χ1n) is 5.36. The van der Waals surface area contributed by atoms with E-state index < -0.39 is 0 Å². The number of hydrogen-bond donors (Lipinski definition) is 1. The molecule has 0 fully saturated rings. The number of benzene rings is 1. The summed E-state index contributed by atoms with van der Waals surface area (Å²) in [7, 11) is 0. The SMILES string of the molecule is Cc1ccc(-c2n[nH]c(-c3cccs3)n2)cc1. The Hall–Kier alpha value is -1.94. The standard InChI is InChI=1S/C13H11N3S/c1-9-4-6-10(7-5-9)12-14-13(16-15-12)11-3-2-8-17-11/h2-8H,1H3,(H,14,15,16). The zero-order chi connectivity index (χ0) is 11.7. The summed E-state index contributed by atoms with van der Waals surface area (Å²) in [6.07, 6.45) is 0. The molecule has 0 saturated heterocycles. The Morgan fingerprint density at radius 3 is 2.65 bits per heavy atom. The topological polar surface area (TPSA) is 41.6 Å². The van der Waals surface area contributed by atoms with Crippen LogP contribution in [0.3, 0.4) is 0 Å². The summed E-state index contributed by atoms with van der Waals surface area (Å²) >= 11 is 1.65. The minimum atomic E-state index is 0.744. The van der Waals surface area contributed by atoms with Gasteiger partial charge >= 0.3 is 0 Å². The first kappa shape index (κ1) is 10.2. The predicted octanol–water partition coefficient (Wildman–Crippen LogP) is 3.51. The lowest BCUT2D eigenvalue weighted by Crippen LogP contribution is -1.80. The number of rotatable bonds is 2. The highest BCUT2D eigenvalue weighted by Gasteiger charge is 2.07. The summed E-state index contributed by atoms with van der Waals surface area (Å²) in [4.78, 5) is 5.60. The Bertz CT molecular complexity index is 608. The van der Waals surface area contributed by atoms with Crippen LogP contribution in [0.25, 0.3) is 22.1 Å². The van der Waals surface area contributed by atoms with Crippen LogP contribution < -0.4 is 0 Å². The summed E-state index contributed by atoms with van der Waals surface area (Å²) in [6.45, 7) is 2.07. The molecule has 0 spiro atoms. The summed E-state index contributed by atoms with van der Waals surface area (Å²) in [5.74, 6) is 1.57. The van der Waals surface area contributed by atoms with Crippen LogP contribution in [0.2, 0.25) is 0 Å². The first-order chi connectivity index (χ1) is 8.33. The quantitative estimate of drug-likeness (QED) is 0.746. The largest absolute Gasteiger partial charge is 0.258 e. The molecule has 84 valence electrons. The van der Waals surface area contributed by atoms with Gasteiger partial charge in [0.2, 0.25) is 0 Å². The highest BCUT2D eigenvalue weighted by Crippen LogP contribution is 2.23. The van der Waals surface area contributed by atoms with Gasteiger partial charge in [-0.15, -0.1) is 11.3 Å². The summed E-state index contributed by atoms with van der Waals surface area (Å²) < 4.78 is 0. The minimum Gasteiger partial charge on any atom is -0.258 e. The van der Waals surface area contributed by atoms with Gasteiger partial charge in [-0.2, -0.15) is 5.10 Å². The highest BCUT2D eigenvalue weighted by molar-refractivity contribution is 7.13. The second-order valence-electron chi connectivity index (χ2n) is 3.85. The number of aromatic nitrogens is 3. The summed E-state index contributed by atoms with van der Waals surface area (Å²) in [6, 6.07) is 12.2.